The van der Waals surface area contributed by atoms with Crippen LogP contribution in [0.2, 0.25) is 5.15 Å². The Balaban J connectivity index is 2.40. The van der Waals surface area contributed by atoms with Gasteiger partial charge in [0.2, 0.25) is 5.15 Å². The quantitative estimate of drug-likeness (QED) is 0.534. The smallest absolute Gasteiger partial charge is 0.319 e. The first-order valence-electron chi connectivity index (χ1n) is 6.07. The fraction of sp³-hybridized carbons (Fsp3) is 0.143. The van der Waals surface area contributed by atoms with E-state index in [-0.39, 0.29) is 10.7 Å². The summed E-state index contributed by atoms with van der Waals surface area (Å²) in [5.74, 6) is -0.597. The molecule has 0 atom stereocenters. The first kappa shape index (κ1) is 14.9. The van der Waals surface area contributed by atoms with Crippen LogP contribution in [0.25, 0.3) is 0 Å². The normalized spacial score (nSPS) is 10.2. The van der Waals surface area contributed by atoms with Crippen molar-refractivity contribution in [1.82, 2.24) is 4.98 Å². The number of carbonyl (C=O) groups excluding carboxylic acids is 1. The SMILES string of the molecule is Cc1ccc(C)c(NC(=O)c2ccnc(Cl)c2[N+](=O)[O-])c1. The van der Waals surface area contributed by atoms with Gasteiger partial charge in [0.25, 0.3) is 5.91 Å². The summed E-state index contributed by atoms with van der Waals surface area (Å²) in [5.41, 5.74) is 1.81. The summed E-state index contributed by atoms with van der Waals surface area (Å²) in [6.45, 7) is 3.73. The molecule has 2 aromatic rings. The minimum Gasteiger partial charge on any atom is -0.322 e. The lowest BCUT2D eigenvalue weighted by atomic mass is 10.1. The molecule has 1 heterocycles. The Kier molecular flexibility index (Phi) is 4.18. The molecule has 1 aromatic carbocycles. The molecule has 2 rings (SSSR count). The zero-order valence-corrected chi connectivity index (χ0v) is 12.1. The first-order valence-corrected chi connectivity index (χ1v) is 6.45. The summed E-state index contributed by atoms with van der Waals surface area (Å²) >= 11 is 5.70. The molecular weight excluding hydrogens is 294 g/mol. The number of nitrogens with one attached hydrogen (secondary N) is 1. The highest BCUT2D eigenvalue weighted by Gasteiger charge is 2.25. The van der Waals surface area contributed by atoms with E-state index in [2.05, 4.69) is 10.3 Å². The monoisotopic (exact) mass is 305 g/mol. The Morgan fingerprint density at radius 2 is 2.05 bits per heavy atom. The second-order valence-corrected chi connectivity index (χ2v) is 4.89. The molecule has 0 aliphatic carbocycles. The largest absolute Gasteiger partial charge is 0.322 e. The molecule has 0 radical (unpaired) electrons. The molecule has 1 amide bonds. The molecule has 0 aliphatic heterocycles. The van der Waals surface area contributed by atoms with Gasteiger partial charge in [-0.25, -0.2) is 4.98 Å². The molecule has 0 unspecified atom stereocenters. The molecule has 0 spiro atoms. The minimum atomic E-state index is -0.715. The number of nitro groups is 1. The van der Waals surface area contributed by atoms with Crippen molar-refractivity contribution in [2.45, 2.75) is 13.8 Å². The van der Waals surface area contributed by atoms with Gasteiger partial charge in [0.15, 0.2) is 0 Å². The average Bonchev–Trinajstić information content (AvgIpc) is 2.42. The average molecular weight is 306 g/mol. The maximum absolute atomic E-state index is 12.3. The summed E-state index contributed by atoms with van der Waals surface area (Å²) in [7, 11) is 0. The molecule has 0 saturated carbocycles. The van der Waals surface area contributed by atoms with E-state index < -0.39 is 16.5 Å². The lowest BCUT2D eigenvalue weighted by Gasteiger charge is -2.09. The maximum Gasteiger partial charge on any atom is 0.319 e. The molecule has 0 bridgehead atoms. The van der Waals surface area contributed by atoms with Gasteiger partial charge in [0.05, 0.1) is 4.92 Å². The van der Waals surface area contributed by atoms with Gasteiger partial charge in [-0.3, -0.25) is 14.9 Å². The highest BCUT2D eigenvalue weighted by molar-refractivity contribution is 6.32. The van der Waals surface area contributed by atoms with E-state index in [1.165, 1.54) is 12.3 Å². The van der Waals surface area contributed by atoms with E-state index in [4.69, 9.17) is 11.6 Å². The highest BCUT2D eigenvalue weighted by atomic mass is 35.5. The number of halogens is 1. The van der Waals surface area contributed by atoms with Crippen LogP contribution in [0.5, 0.6) is 0 Å². The van der Waals surface area contributed by atoms with Crippen LogP contribution in [-0.4, -0.2) is 15.8 Å². The summed E-state index contributed by atoms with van der Waals surface area (Å²) in [4.78, 5) is 26.2. The van der Waals surface area contributed by atoms with Crippen molar-refractivity contribution in [3.05, 3.63) is 62.4 Å². The lowest BCUT2D eigenvalue weighted by molar-refractivity contribution is -0.385. The van der Waals surface area contributed by atoms with Crippen molar-refractivity contribution in [2.75, 3.05) is 5.32 Å². The fourth-order valence-corrected chi connectivity index (χ4v) is 2.07. The molecule has 1 aromatic heterocycles. The second kappa shape index (κ2) is 5.88. The first-order chi connectivity index (χ1) is 9.90. The van der Waals surface area contributed by atoms with E-state index in [0.29, 0.717) is 5.69 Å². The minimum absolute atomic E-state index is 0.124. The predicted octanol–water partition coefficient (Wildman–Crippen LogP) is 3.51. The number of aromatic nitrogens is 1. The van der Waals surface area contributed by atoms with Crippen molar-refractivity contribution >= 4 is 28.9 Å². The molecule has 1 N–H and O–H groups in total. The van der Waals surface area contributed by atoms with Crippen molar-refractivity contribution in [3.63, 3.8) is 0 Å². The van der Waals surface area contributed by atoms with Crippen LogP contribution in [0.4, 0.5) is 11.4 Å². The number of hydrogen-bond acceptors (Lipinski definition) is 4. The highest BCUT2D eigenvalue weighted by Crippen LogP contribution is 2.27. The molecule has 0 saturated heterocycles. The maximum atomic E-state index is 12.3. The van der Waals surface area contributed by atoms with Crippen molar-refractivity contribution in [1.29, 1.82) is 0 Å². The third-order valence-electron chi connectivity index (χ3n) is 2.95. The van der Waals surface area contributed by atoms with Gasteiger partial charge in [-0.05, 0) is 37.1 Å². The van der Waals surface area contributed by atoms with Crippen LogP contribution in [0.15, 0.2) is 30.5 Å². The molecular formula is C14H12ClN3O3. The van der Waals surface area contributed by atoms with Crippen molar-refractivity contribution < 1.29 is 9.72 Å². The third kappa shape index (κ3) is 3.17. The molecule has 108 valence electrons. The Labute approximate surface area is 125 Å². The molecule has 6 nitrogen and oxygen atoms in total. The van der Waals surface area contributed by atoms with E-state index in [1.54, 1.807) is 6.07 Å². The van der Waals surface area contributed by atoms with Crippen LogP contribution >= 0.6 is 11.6 Å². The standard InChI is InChI=1S/C14H12ClN3O3/c1-8-3-4-9(2)11(7-8)17-14(19)10-5-6-16-13(15)12(10)18(20)21/h3-7H,1-2H3,(H,17,19). The number of benzene rings is 1. The number of carbonyl (C=O) groups is 1. The number of anilines is 1. The summed E-state index contributed by atoms with van der Waals surface area (Å²) in [6.07, 6.45) is 1.26. The zero-order chi connectivity index (χ0) is 15.6. The van der Waals surface area contributed by atoms with Crippen molar-refractivity contribution in [3.8, 4) is 0 Å². The Morgan fingerprint density at radius 1 is 1.33 bits per heavy atom. The van der Waals surface area contributed by atoms with E-state index >= 15 is 0 Å². The van der Waals surface area contributed by atoms with Crippen LogP contribution in [-0.2, 0) is 0 Å². The second-order valence-electron chi connectivity index (χ2n) is 4.53. The number of rotatable bonds is 3. The van der Waals surface area contributed by atoms with Gasteiger partial charge < -0.3 is 5.32 Å². The Hall–Kier alpha value is -2.47. The number of hydrogen-bond donors (Lipinski definition) is 1. The lowest BCUT2D eigenvalue weighted by Crippen LogP contribution is -2.15. The van der Waals surface area contributed by atoms with E-state index in [1.807, 2.05) is 26.0 Å². The van der Waals surface area contributed by atoms with E-state index in [9.17, 15) is 14.9 Å². The molecule has 0 fully saturated rings. The van der Waals surface area contributed by atoms with Crippen molar-refractivity contribution in [2.24, 2.45) is 0 Å². The zero-order valence-electron chi connectivity index (χ0n) is 11.4. The van der Waals surface area contributed by atoms with Gasteiger partial charge in [-0.1, -0.05) is 23.7 Å². The number of amides is 1. The summed E-state index contributed by atoms with van der Waals surface area (Å²) < 4.78 is 0. The molecule has 0 aliphatic rings. The summed E-state index contributed by atoms with van der Waals surface area (Å²) in [6, 6.07) is 6.84. The Morgan fingerprint density at radius 3 is 2.71 bits per heavy atom. The molecule has 21 heavy (non-hydrogen) atoms. The topological polar surface area (TPSA) is 85.1 Å². The van der Waals surface area contributed by atoms with E-state index in [0.717, 1.165) is 11.1 Å². The van der Waals surface area contributed by atoms with Gasteiger partial charge in [0, 0.05) is 11.9 Å². The molecule has 7 heteroatoms. The van der Waals surface area contributed by atoms with Crippen LogP contribution in [0, 0.1) is 24.0 Å². The number of pyridine rings is 1. The van der Waals surface area contributed by atoms with Crippen LogP contribution in [0.1, 0.15) is 21.5 Å². The van der Waals surface area contributed by atoms with Gasteiger partial charge in [-0.2, -0.15) is 0 Å². The number of aryl methyl sites for hydroxylation is 2. The van der Waals surface area contributed by atoms with Gasteiger partial charge >= 0.3 is 5.69 Å². The number of nitrogens with zero attached hydrogens (tertiary/aromatic N) is 2. The van der Waals surface area contributed by atoms with Gasteiger partial charge in [-0.15, -0.1) is 0 Å². The fourth-order valence-electron chi connectivity index (χ4n) is 1.85. The van der Waals surface area contributed by atoms with Gasteiger partial charge in [0.1, 0.15) is 5.56 Å². The Bertz CT molecular complexity index is 731. The third-order valence-corrected chi connectivity index (χ3v) is 3.22. The van der Waals surface area contributed by atoms with Crippen LogP contribution < -0.4 is 5.32 Å². The van der Waals surface area contributed by atoms with Crippen LogP contribution in [0.3, 0.4) is 0 Å². The predicted molar refractivity (Wildman–Crippen MR) is 79.8 cm³/mol. The summed E-state index contributed by atoms with van der Waals surface area (Å²) in [5, 5.41) is 13.4.